The minimum Gasteiger partial charge on any atom is -0.462 e. The molecule has 0 radical (unpaired) electrons. The van der Waals surface area contributed by atoms with Crippen LogP contribution in [0.4, 0.5) is 0 Å². The zero-order valence-corrected chi connectivity index (χ0v) is 11.2. The summed E-state index contributed by atoms with van der Waals surface area (Å²) in [4.78, 5) is 11.9. The van der Waals surface area contributed by atoms with Crippen molar-refractivity contribution in [3.05, 3.63) is 12.2 Å². The lowest BCUT2D eigenvalue weighted by molar-refractivity contribution is -0.145. The number of ether oxygens (including phenoxy) is 1. The zero-order valence-electron chi connectivity index (χ0n) is 9.06. The van der Waals surface area contributed by atoms with Gasteiger partial charge in [0, 0.05) is 3.92 Å². The minimum atomic E-state index is 0.0806. The topological polar surface area (TPSA) is 26.3 Å². The van der Waals surface area contributed by atoms with Crippen molar-refractivity contribution >= 4 is 28.6 Å². The Bertz CT molecular complexity index is 385. The predicted molar refractivity (Wildman–Crippen MR) is 68.2 cm³/mol. The molecule has 0 aromatic heterocycles. The lowest BCUT2D eigenvalue weighted by atomic mass is 9.72. The van der Waals surface area contributed by atoms with E-state index in [0.29, 0.717) is 21.2 Å². The van der Waals surface area contributed by atoms with Crippen molar-refractivity contribution in [2.24, 2.45) is 23.2 Å². The average molecular weight is 330 g/mol. The number of alkyl halides is 1. The fourth-order valence-electron chi connectivity index (χ4n) is 4.19. The molecular weight excluding hydrogens is 315 g/mol. The Labute approximate surface area is 109 Å². The lowest BCUT2D eigenvalue weighted by Crippen LogP contribution is -2.33. The Balaban J connectivity index is 1.79. The van der Waals surface area contributed by atoms with E-state index < -0.39 is 0 Å². The smallest absolute Gasteiger partial charge is 0.309 e. The largest absolute Gasteiger partial charge is 0.462 e. The molecule has 1 aliphatic heterocycles. The molecule has 2 nitrogen and oxygen atoms in total. The van der Waals surface area contributed by atoms with E-state index in [4.69, 9.17) is 4.74 Å². The monoisotopic (exact) mass is 330 g/mol. The van der Waals surface area contributed by atoms with Crippen molar-refractivity contribution in [2.45, 2.75) is 35.7 Å². The van der Waals surface area contributed by atoms with Crippen LogP contribution in [0.5, 0.6) is 0 Å². The van der Waals surface area contributed by atoms with E-state index in [-0.39, 0.29) is 18.0 Å². The molecule has 0 aromatic rings. The zero-order chi connectivity index (χ0) is 10.9. The molecule has 3 fully saturated rings. The summed E-state index contributed by atoms with van der Waals surface area (Å²) in [5.41, 5.74) is 0.463. The number of halogens is 1. The second kappa shape index (κ2) is 3.03. The molecule has 4 bridgehead atoms. The molecule has 3 aliphatic carbocycles. The maximum atomic E-state index is 11.9. The highest BCUT2D eigenvalue weighted by atomic mass is 127. The van der Waals surface area contributed by atoms with Crippen molar-refractivity contribution in [3.8, 4) is 0 Å². The molecule has 5 atom stereocenters. The average Bonchev–Trinajstić information content (AvgIpc) is 2.77. The van der Waals surface area contributed by atoms with Gasteiger partial charge in [-0.15, -0.1) is 0 Å². The number of carbonyl (C=O) groups excluding carboxylic acids is 1. The van der Waals surface area contributed by atoms with Crippen LogP contribution in [0.3, 0.4) is 0 Å². The third-order valence-electron chi connectivity index (χ3n) is 5.09. The van der Waals surface area contributed by atoms with E-state index >= 15 is 0 Å². The van der Waals surface area contributed by atoms with Crippen molar-refractivity contribution in [1.82, 2.24) is 0 Å². The van der Waals surface area contributed by atoms with Gasteiger partial charge in [-0.25, -0.2) is 0 Å². The summed E-state index contributed by atoms with van der Waals surface area (Å²) in [5, 5.41) is 0. The second-order valence-electron chi connectivity index (χ2n) is 5.82. The highest BCUT2D eigenvalue weighted by Crippen LogP contribution is 2.67. The molecule has 86 valence electrons. The van der Waals surface area contributed by atoms with Crippen molar-refractivity contribution in [3.63, 3.8) is 0 Å². The normalized spacial score (nSPS) is 51.3. The SMILES string of the molecule is O=C1O[C@H]2C[C@@H](I)C3C=CC([C@@H]1C2)C31CC1. The minimum absolute atomic E-state index is 0.0806. The van der Waals surface area contributed by atoms with Crippen LogP contribution in [-0.2, 0) is 9.53 Å². The van der Waals surface area contributed by atoms with Crippen LogP contribution in [0.1, 0.15) is 25.7 Å². The molecule has 2 unspecified atom stereocenters. The predicted octanol–water partition coefficient (Wildman–Crippen LogP) is 2.71. The van der Waals surface area contributed by atoms with Gasteiger partial charge in [0.2, 0.25) is 0 Å². The molecule has 0 aromatic carbocycles. The first-order valence-corrected chi connectivity index (χ1v) is 7.48. The van der Waals surface area contributed by atoms with Crippen LogP contribution in [0.15, 0.2) is 12.2 Å². The molecule has 1 spiro atoms. The Kier molecular flexibility index (Phi) is 1.88. The summed E-state index contributed by atoms with van der Waals surface area (Å²) >= 11 is 2.57. The highest BCUT2D eigenvalue weighted by Gasteiger charge is 2.63. The Morgan fingerprint density at radius 3 is 2.75 bits per heavy atom. The first-order valence-electron chi connectivity index (χ1n) is 6.23. The van der Waals surface area contributed by atoms with E-state index in [2.05, 4.69) is 34.7 Å². The first kappa shape index (κ1) is 9.92. The van der Waals surface area contributed by atoms with Gasteiger partial charge in [-0.05, 0) is 42.9 Å². The van der Waals surface area contributed by atoms with Gasteiger partial charge in [-0.2, -0.15) is 0 Å². The van der Waals surface area contributed by atoms with Crippen LogP contribution >= 0.6 is 22.6 Å². The number of carbonyl (C=O) groups is 1. The highest BCUT2D eigenvalue weighted by molar-refractivity contribution is 14.1. The standard InChI is InChI=1S/C13H15IO2/c14-11-6-7-5-8(12(15)16-7)9-1-2-10(11)13(9)3-4-13/h1-2,7-11H,3-6H2/t7-,8+,9?,10?,11-/m1/s1. The van der Waals surface area contributed by atoms with Crippen LogP contribution < -0.4 is 0 Å². The fourth-order valence-corrected chi connectivity index (χ4v) is 5.71. The fraction of sp³-hybridized carbons (Fsp3) is 0.769. The van der Waals surface area contributed by atoms with Crippen LogP contribution in [0, 0.1) is 23.2 Å². The van der Waals surface area contributed by atoms with Crippen molar-refractivity contribution in [1.29, 1.82) is 0 Å². The number of esters is 1. The van der Waals surface area contributed by atoms with Gasteiger partial charge >= 0.3 is 5.97 Å². The summed E-state index contributed by atoms with van der Waals surface area (Å²) in [6.45, 7) is 0. The number of rotatable bonds is 0. The quantitative estimate of drug-likeness (QED) is 0.295. The number of allylic oxidation sites excluding steroid dienone is 2. The van der Waals surface area contributed by atoms with Crippen molar-refractivity contribution in [2.75, 3.05) is 0 Å². The maximum Gasteiger partial charge on any atom is 0.309 e. The van der Waals surface area contributed by atoms with Gasteiger partial charge < -0.3 is 4.74 Å². The Hall–Kier alpha value is -0.0600. The molecular formula is C13H15IO2. The van der Waals surface area contributed by atoms with E-state index in [1.807, 2.05) is 0 Å². The summed E-state index contributed by atoms with van der Waals surface area (Å²) in [6, 6.07) is 0. The maximum absolute atomic E-state index is 11.9. The lowest BCUT2D eigenvalue weighted by Gasteiger charge is -2.32. The Morgan fingerprint density at radius 2 is 2.00 bits per heavy atom. The number of fused-ring (bicyclic) bond motifs is 3. The molecule has 16 heavy (non-hydrogen) atoms. The van der Waals surface area contributed by atoms with E-state index in [1.165, 1.54) is 12.8 Å². The first-order chi connectivity index (χ1) is 7.71. The molecule has 1 heterocycles. The number of hydrogen-bond acceptors (Lipinski definition) is 2. The molecule has 4 aliphatic rings. The van der Waals surface area contributed by atoms with Crippen LogP contribution in [0.25, 0.3) is 0 Å². The summed E-state index contributed by atoms with van der Waals surface area (Å²) in [5.74, 6) is 1.46. The van der Waals surface area contributed by atoms with Crippen LogP contribution in [0.2, 0.25) is 0 Å². The number of hydrogen-bond donors (Lipinski definition) is 0. The van der Waals surface area contributed by atoms with E-state index in [9.17, 15) is 4.79 Å². The van der Waals surface area contributed by atoms with E-state index in [0.717, 1.165) is 12.8 Å². The molecule has 4 rings (SSSR count). The summed E-state index contributed by atoms with van der Waals surface area (Å²) < 4.78 is 6.16. The van der Waals surface area contributed by atoms with Crippen molar-refractivity contribution < 1.29 is 9.53 Å². The van der Waals surface area contributed by atoms with Gasteiger partial charge in [0.1, 0.15) is 6.10 Å². The molecule has 0 amide bonds. The summed E-state index contributed by atoms with van der Waals surface area (Å²) in [7, 11) is 0. The van der Waals surface area contributed by atoms with Gasteiger partial charge in [-0.1, -0.05) is 34.7 Å². The second-order valence-corrected chi connectivity index (χ2v) is 7.42. The third-order valence-corrected chi connectivity index (χ3v) is 6.38. The molecule has 0 N–H and O–H groups in total. The van der Waals surface area contributed by atoms with Gasteiger partial charge in [0.15, 0.2) is 0 Å². The van der Waals surface area contributed by atoms with E-state index in [1.54, 1.807) is 0 Å². The Morgan fingerprint density at radius 1 is 1.25 bits per heavy atom. The van der Waals surface area contributed by atoms with Gasteiger partial charge in [0.25, 0.3) is 0 Å². The van der Waals surface area contributed by atoms with Gasteiger partial charge in [0.05, 0.1) is 5.92 Å². The third kappa shape index (κ3) is 1.11. The summed E-state index contributed by atoms with van der Waals surface area (Å²) in [6.07, 6.45) is 9.63. The molecule has 3 heteroatoms. The molecule has 2 saturated carbocycles. The van der Waals surface area contributed by atoms with Crippen LogP contribution in [-0.4, -0.2) is 16.0 Å². The molecule has 1 saturated heterocycles. The van der Waals surface area contributed by atoms with Gasteiger partial charge in [-0.3, -0.25) is 4.79 Å².